The van der Waals surface area contributed by atoms with E-state index in [1.807, 2.05) is 17.9 Å². The van der Waals surface area contributed by atoms with E-state index in [9.17, 15) is 18.0 Å². The van der Waals surface area contributed by atoms with E-state index in [1.54, 1.807) is 12.1 Å². The summed E-state index contributed by atoms with van der Waals surface area (Å²) < 4.78 is 48.5. The normalized spacial score (nSPS) is 21.8. The highest BCUT2D eigenvalue weighted by Gasteiger charge is 2.44. The van der Waals surface area contributed by atoms with Crippen LogP contribution in [0.1, 0.15) is 18.9 Å². The maximum atomic E-state index is 12.1. The molecule has 9 nitrogen and oxygen atoms in total. The topological polar surface area (TPSA) is 122 Å². The van der Waals surface area contributed by atoms with Crippen molar-refractivity contribution in [1.82, 2.24) is 9.88 Å². The average Bonchev–Trinajstić information content (AvgIpc) is 3.34. The number of aromatic nitrogens is 1. The molecule has 12 heteroatoms. The van der Waals surface area contributed by atoms with Crippen LogP contribution in [0.25, 0.3) is 0 Å². The predicted molar refractivity (Wildman–Crippen MR) is 103 cm³/mol. The average molecular weight is 459 g/mol. The van der Waals surface area contributed by atoms with Gasteiger partial charge in [-0.2, -0.15) is 18.4 Å². The van der Waals surface area contributed by atoms with E-state index in [1.165, 1.54) is 6.20 Å². The number of aliphatic carboxylic acids is 1. The molecule has 0 bridgehead atoms. The summed E-state index contributed by atoms with van der Waals surface area (Å²) in [4.78, 5) is 26.9. The molecule has 0 unspecified atom stereocenters. The molecule has 0 radical (unpaired) electrons. The minimum Gasteiger partial charge on any atom is -0.478 e. The molecule has 0 aromatic carbocycles. The zero-order valence-electron chi connectivity index (χ0n) is 17.4. The third kappa shape index (κ3) is 7.35. The van der Waals surface area contributed by atoms with E-state index in [4.69, 9.17) is 29.4 Å². The Bertz CT molecular complexity index is 812. The maximum absolute atomic E-state index is 12.1. The minimum atomic E-state index is -5.08. The highest BCUT2D eigenvalue weighted by atomic mass is 19.4. The van der Waals surface area contributed by atoms with Crippen molar-refractivity contribution in [2.45, 2.75) is 25.6 Å². The van der Waals surface area contributed by atoms with Crippen LogP contribution in [0, 0.1) is 23.2 Å². The molecule has 2 aliphatic heterocycles. The Morgan fingerprint density at radius 2 is 2.09 bits per heavy atom. The third-order valence-electron chi connectivity index (χ3n) is 5.07. The van der Waals surface area contributed by atoms with Crippen molar-refractivity contribution in [1.29, 1.82) is 5.26 Å². The first-order valence-electron chi connectivity index (χ1n) is 9.91. The molecule has 3 heterocycles. The Balaban J connectivity index is 0.000000451. The zero-order valence-corrected chi connectivity index (χ0v) is 17.4. The number of carbonyl (C=O) groups is 2. The van der Waals surface area contributed by atoms with Crippen LogP contribution in [-0.2, 0) is 19.1 Å². The highest BCUT2D eigenvalue weighted by molar-refractivity contribution is 5.77. The van der Waals surface area contributed by atoms with Crippen LogP contribution in [0.3, 0.4) is 0 Å². The number of pyridine rings is 1. The smallest absolute Gasteiger partial charge is 0.478 e. The van der Waals surface area contributed by atoms with Gasteiger partial charge in [0.2, 0.25) is 11.8 Å². The van der Waals surface area contributed by atoms with Crippen LogP contribution < -0.4 is 4.74 Å². The van der Waals surface area contributed by atoms with Crippen LogP contribution in [0.2, 0.25) is 0 Å². The summed E-state index contributed by atoms with van der Waals surface area (Å²) in [6.45, 7) is 5.23. The van der Waals surface area contributed by atoms with Gasteiger partial charge in [0, 0.05) is 37.9 Å². The second-order valence-electron chi connectivity index (χ2n) is 7.17. The SMILES string of the molecule is CCOCC(=O)N1C[C@H]2[C@@H](CCOc3ccc(C#N)cn3)CO[C@H]2C1.O=C(O)C(F)(F)F. The fourth-order valence-corrected chi connectivity index (χ4v) is 3.43. The number of rotatable bonds is 7. The van der Waals surface area contributed by atoms with Crippen LogP contribution in [0.4, 0.5) is 13.2 Å². The first-order valence-corrected chi connectivity index (χ1v) is 9.91. The Kier molecular flexibility index (Phi) is 9.22. The lowest BCUT2D eigenvalue weighted by Gasteiger charge is -2.19. The molecule has 1 amide bonds. The minimum absolute atomic E-state index is 0.0385. The van der Waals surface area contributed by atoms with E-state index in [0.717, 1.165) is 13.0 Å². The quantitative estimate of drug-likeness (QED) is 0.656. The first-order chi connectivity index (χ1) is 15.2. The molecule has 3 rings (SSSR count). The number of nitrogens with zero attached hydrogens (tertiary/aromatic N) is 3. The van der Waals surface area contributed by atoms with Crippen molar-refractivity contribution in [2.75, 3.05) is 39.5 Å². The van der Waals surface area contributed by atoms with Crippen LogP contribution in [0.5, 0.6) is 5.88 Å². The Hall–Kier alpha value is -2.91. The summed E-state index contributed by atoms with van der Waals surface area (Å²) in [5.41, 5.74) is 0.516. The second kappa shape index (κ2) is 11.6. The van der Waals surface area contributed by atoms with Crippen molar-refractivity contribution in [3.63, 3.8) is 0 Å². The molecule has 176 valence electrons. The van der Waals surface area contributed by atoms with Gasteiger partial charge < -0.3 is 24.2 Å². The molecule has 1 N–H and O–H groups in total. The van der Waals surface area contributed by atoms with Crippen molar-refractivity contribution >= 4 is 11.9 Å². The van der Waals surface area contributed by atoms with Gasteiger partial charge in [-0.05, 0) is 25.3 Å². The monoisotopic (exact) mass is 459 g/mol. The lowest BCUT2D eigenvalue weighted by atomic mass is 9.91. The molecule has 0 aliphatic carbocycles. The molecule has 0 spiro atoms. The van der Waals surface area contributed by atoms with Gasteiger partial charge in [-0.3, -0.25) is 4.79 Å². The van der Waals surface area contributed by atoms with E-state index in [0.29, 0.717) is 49.6 Å². The van der Waals surface area contributed by atoms with Gasteiger partial charge in [0.25, 0.3) is 0 Å². The van der Waals surface area contributed by atoms with Gasteiger partial charge in [0.05, 0.1) is 24.9 Å². The van der Waals surface area contributed by atoms with Crippen LogP contribution in [-0.4, -0.2) is 78.7 Å². The number of halogens is 3. The number of carboxylic acid groups (broad SMARTS) is 1. The lowest BCUT2D eigenvalue weighted by Crippen LogP contribution is -2.34. The Morgan fingerprint density at radius 1 is 1.38 bits per heavy atom. The predicted octanol–water partition coefficient (Wildman–Crippen LogP) is 1.87. The molecule has 1 aromatic heterocycles. The fraction of sp³-hybridized carbons (Fsp3) is 0.600. The number of ether oxygens (including phenoxy) is 3. The Morgan fingerprint density at radius 3 is 2.66 bits per heavy atom. The number of carbonyl (C=O) groups excluding carboxylic acids is 1. The van der Waals surface area contributed by atoms with Crippen molar-refractivity contribution in [2.24, 2.45) is 11.8 Å². The molecular weight excluding hydrogens is 435 g/mol. The molecule has 2 aliphatic rings. The fourth-order valence-electron chi connectivity index (χ4n) is 3.43. The number of likely N-dealkylation sites (tertiary alicyclic amines) is 1. The molecule has 32 heavy (non-hydrogen) atoms. The standard InChI is InChI=1S/C18H23N3O4.C2HF3O2/c1-2-23-12-18(22)21-9-15-14(11-25-16(15)10-21)5-6-24-17-4-3-13(7-19)8-20-17;3-2(4,5)1(6)7/h3-4,8,14-16H,2,5-6,9-12H2,1H3;(H,6,7)/t14-,15-,16-;/m0./s1. The van der Waals surface area contributed by atoms with Crippen LogP contribution in [0.15, 0.2) is 18.3 Å². The molecule has 2 saturated heterocycles. The number of hydrogen-bond donors (Lipinski definition) is 1. The molecular formula is C20H24F3N3O6. The van der Waals surface area contributed by atoms with Gasteiger partial charge in [0.15, 0.2) is 0 Å². The van der Waals surface area contributed by atoms with E-state index < -0.39 is 12.1 Å². The summed E-state index contributed by atoms with van der Waals surface area (Å²) in [5, 5.41) is 15.9. The number of hydrogen-bond acceptors (Lipinski definition) is 7. The van der Waals surface area contributed by atoms with E-state index in [2.05, 4.69) is 4.98 Å². The van der Waals surface area contributed by atoms with Crippen LogP contribution >= 0.6 is 0 Å². The summed E-state index contributed by atoms with van der Waals surface area (Å²) in [7, 11) is 0. The first kappa shape index (κ1) is 25.4. The van der Waals surface area contributed by atoms with Crippen molar-refractivity contribution in [3.8, 4) is 11.9 Å². The molecule has 2 fully saturated rings. The van der Waals surface area contributed by atoms with Gasteiger partial charge in [-0.25, -0.2) is 9.78 Å². The van der Waals surface area contributed by atoms with Crippen molar-refractivity contribution in [3.05, 3.63) is 23.9 Å². The maximum Gasteiger partial charge on any atom is 0.490 e. The largest absolute Gasteiger partial charge is 0.490 e. The number of fused-ring (bicyclic) bond motifs is 1. The zero-order chi connectivity index (χ0) is 23.7. The molecule has 0 saturated carbocycles. The highest BCUT2D eigenvalue weighted by Crippen LogP contribution is 2.35. The molecule has 3 atom stereocenters. The lowest BCUT2D eigenvalue weighted by molar-refractivity contribution is -0.192. The summed E-state index contributed by atoms with van der Waals surface area (Å²) in [6, 6.07) is 5.43. The number of amides is 1. The summed E-state index contributed by atoms with van der Waals surface area (Å²) >= 11 is 0. The number of alkyl halides is 3. The summed E-state index contributed by atoms with van der Waals surface area (Å²) in [6.07, 6.45) is -2.59. The number of carboxylic acids is 1. The van der Waals surface area contributed by atoms with E-state index >= 15 is 0 Å². The van der Waals surface area contributed by atoms with Gasteiger partial charge in [-0.1, -0.05) is 0 Å². The Labute approximate surface area is 182 Å². The van der Waals surface area contributed by atoms with Gasteiger partial charge in [-0.15, -0.1) is 0 Å². The molecule has 1 aromatic rings. The van der Waals surface area contributed by atoms with E-state index in [-0.39, 0.29) is 18.6 Å². The number of nitriles is 1. The summed E-state index contributed by atoms with van der Waals surface area (Å²) in [5.74, 6) is -1.45. The third-order valence-corrected chi connectivity index (χ3v) is 5.07. The van der Waals surface area contributed by atoms with Crippen molar-refractivity contribution < 1.29 is 42.1 Å². The second-order valence-corrected chi connectivity index (χ2v) is 7.17. The van der Waals surface area contributed by atoms with Gasteiger partial charge in [0.1, 0.15) is 12.7 Å². The van der Waals surface area contributed by atoms with Gasteiger partial charge >= 0.3 is 12.1 Å².